The zero-order chi connectivity index (χ0) is 14.5. The SMILES string of the molecule is C=C/C(C)=C/C(=C\C)C(C)(C)NC1CCC(C)CC1. The van der Waals surface area contributed by atoms with E-state index in [9.17, 15) is 0 Å². The van der Waals surface area contributed by atoms with Crippen LogP contribution in [0.25, 0.3) is 0 Å². The van der Waals surface area contributed by atoms with Crippen molar-refractivity contribution < 1.29 is 0 Å². The minimum Gasteiger partial charge on any atom is -0.305 e. The van der Waals surface area contributed by atoms with E-state index >= 15 is 0 Å². The van der Waals surface area contributed by atoms with E-state index in [1.54, 1.807) is 0 Å². The Morgan fingerprint density at radius 2 is 1.79 bits per heavy atom. The Morgan fingerprint density at radius 3 is 2.26 bits per heavy atom. The van der Waals surface area contributed by atoms with Crippen molar-refractivity contribution in [3.05, 3.63) is 36.0 Å². The molecule has 0 saturated heterocycles. The number of hydrogen-bond acceptors (Lipinski definition) is 1. The molecular formula is C18H31N. The van der Waals surface area contributed by atoms with Crippen molar-refractivity contribution in [1.82, 2.24) is 5.32 Å². The highest BCUT2D eigenvalue weighted by molar-refractivity contribution is 5.34. The zero-order valence-corrected chi connectivity index (χ0v) is 13.4. The molecule has 0 bridgehead atoms. The second kappa shape index (κ2) is 7.09. The third-order valence-corrected chi connectivity index (χ3v) is 4.32. The maximum atomic E-state index is 3.85. The minimum atomic E-state index is 0.0320. The van der Waals surface area contributed by atoms with Crippen molar-refractivity contribution in [1.29, 1.82) is 0 Å². The van der Waals surface area contributed by atoms with E-state index in [2.05, 4.69) is 58.7 Å². The van der Waals surface area contributed by atoms with Crippen molar-refractivity contribution in [2.75, 3.05) is 0 Å². The van der Waals surface area contributed by atoms with Gasteiger partial charge in [0.15, 0.2) is 0 Å². The Hall–Kier alpha value is -0.820. The van der Waals surface area contributed by atoms with Gasteiger partial charge in [0, 0.05) is 11.6 Å². The van der Waals surface area contributed by atoms with Gasteiger partial charge in [-0.05, 0) is 64.9 Å². The molecule has 0 aromatic carbocycles. The monoisotopic (exact) mass is 261 g/mol. The molecule has 1 saturated carbocycles. The molecule has 1 aliphatic rings. The Labute approximate surface area is 119 Å². The number of allylic oxidation sites excluding steroid dienone is 3. The van der Waals surface area contributed by atoms with Crippen molar-refractivity contribution in [3.8, 4) is 0 Å². The molecule has 1 rings (SSSR count). The molecule has 0 atom stereocenters. The van der Waals surface area contributed by atoms with Crippen LogP contribution in [0.3, 0.4) is 0 Å². The lowest BCUT2D eigenvalue weighted by molar-refractivity contribution is 0.268. The van der Waals surface area contributed by atoms with Gasteiger partial charge in [-0.3, -0.25) is 0 Å². The predicted molar refractivity (Wildman–Crippen MR) is 86.3 cm³/mol. The fraction of sp³-hybridized carbons (Fsp3) is 0.667. The number of hydrogen-bond donors (Lipinski definition) is 1. The summed E-state index contributed by atoms with van der Waals surface area (Å²) in [5.41, 5.74) is 2.60. The molecule has 0 radical (unpaired) electrons. The lowest BCUT2D eigenvalue weighted by Crippen LogP contribution is -2.48. The molecule has 1 nitrogen and oxygen atoms in total. The second-order valence-electron chi connectivity index (χ2n) is 6.56. The maximum Gasteiger partial charge on any atom is 0.0376 e. The molecule has 0 spiro atoms. The van der Waals surface area contributed by atoms with Gasteiger partial charge in [-0.1, -0.05) is 37.3 Å². The molecule has 1 N–H and O–H groups in total. The quantitative estimate of drug-likeness (QED) is 0.686. The van der Waals surface area contributed by atoms with Crippen LogP contribution in [0.4, 0.5) is 0 Å². The van der Waals surface area contributed by atoms with Crippen molar-refractivity contribution in [2.24, 2.45) is 5.92 Å². The molecule has 0 heterocycles. The Kier molecular flexibility index (Phi) is 6.06. The molecule has 0 aromatic rings. The first-order chi connectivity index (χ1) is 8.89. The lowest BCUT2D eigenvalue weighted by atomic mass is 9.84. The van der Waals surface area contributed by atoms with E-state index in [0.29, 0.717) is 6.04 Å². The molecular weight excluding hydrogens is 230 g/mol. The van der Waals surface area contributed by atoms with Crippen LogP contribution in [0, 0.1) is 5.92 Å². The fourth-order valence-electron chi connectivity index (χ4n) is 2.93. The van der Waals surface area contributed by atoms with Crippen molar-refractivity contribution >= 4 is 0 Å². The van der Waals surface area contributed by atoms with Crippen LogP contribution < -0.4 is 5.32 Å². The second-order valence-corrected chi connectivity index (χ2v) is 6.56. The lowest BCUT2D eigenvalue weighted by Gasteiger charge is -2.36. The fourth-order valence-corrected chi connectivity index (χ4v) is 2.93. The maximum absolute atomic E-state index is 3.85. The first kappa shape index (κ1) is 16.2. The Morgan fingerprint density at radius 1 is 1.21 bits per heavy atom. The largest absolute Gasteiger partial charge is 0.305 e. The minimum absolute atomic E-state index is 0.0320. The first-order valence-electron chi connectivity index (χ1n) is 7.64. The van der Waals surface area contributed by atoms with E-state index in [-0.39, 0.29) is 5.54 Å². The highest BCUT2D eigenvalue weighted by Crippen LogP contribution is 2.27. The zero-order valence-electron chi connectivity index (χ0n) is 13.4. The third kappa shape index (κ3) is 4.99. The summed E-state index contributed by atoms with van der Waals surface area (Å²) in [6.45, 7) is 15.0. The van der Waals surface area contributed by atoms with Crippen LogP contribution in [-0.4, -0.2) is 11.6 Å². The normalized spacial score (nSPS) is 26.4. The van der Waals surface area contributed by atoms with Crippen LogP contribution >= 0.6 is 0 Å². The van der Waals surface area contributed by atoms with Crippen molar-refractivity contribution in [3.63, 3.8) is 0 Å². The molecule has 0 aromatic heterocycles. The van der Waals surface area contributed by atoms with Gasteiger partial charge < -0.3 is 5.32 Å². The Bertz CT molecular complexity index is 352. The highest BCUT2D eigenvalue weighted by atomic mass is 15.0. The van der Waals surface area contributed by atoms with Gasteiger partial charge in [0.1, 0.15) is 0 Å². The van der Waals surface area contributed by atoms with Crippen LogP contribution in [-0.2, 0) is 0 Å². The molecule has 1 fully saturated rings. The summed E-state index contributed by atoms with van der Waals surface area (Å²) in [6, 6.07) is 0.665. The smallest absolute Gasteiger partial charge is 0.0376 e. The van der Waals surface area contributed by atoms with Gasteiger partial charge in [0.2, 0.25) is 0 Å². The number of nitrogens with one attached hydrogen (secondary N) is 1. The molecule has 0 unspecified atom stereocenters. The van der Waals surface area contributed by atoms with Gasteiger partial charge in [0.25, 0.3) is 0 Å². The van der Waals surface area contributed by atoms with E-state index in [1.165, 1.54) is 36.8 Å². The molecule has 1 heteroatoms. The summed E-state index contributed by atoms with van der Waals surface area (Å²) in [6.07, 6.45) is 11.7. The van der Waals surface area contributed by atoms with Crippen LogP contribution in [0.1, 0.15) is 60.3 Å². The molecule has 19 heavy (non-hydrogen) atoms. The van der Waals surface area contributed by atoms with Crippen molar-refractivity contribution in [2.45, 2.75) is 71.9 Å². The summed E-state index contributed by atoms with van der Waals surface area (Å²) < 4.78 is 0. The predicted octanol–water partition coefficient (Wildman–Crippen LogP) is 5.01. The average molecular weight is 261 g/mol. The van der Waals surface area contributed by atoms with Crippen LogP contribution in [0.15, 0.2) is 36.0 Å². The van der Waals surface area contributed by atoms with Gasteiger partial charge in [-0.25, -0.2) is 0 Å². The summed E-state index contributed by atoms with van der Waals surface area (Å²) in [5.74, 6) is 0.908. The van der Waals surface area contributed by atoms with E-state index < -0.39 is 0 Å². The van der Waals surface area contributed by atoms with Gasteiger partial charge in [-0.15, -0.1) is 0 Å². The van der Waals surface area contributed by atoms with E-state index in [4.69, 9.17) is 0 Å². The molecule has 0 amide bonds. The Balaban J connectivity index is 2.70. The highest BCUT2D eigenvalue weighted by Gasteiger charge is 2.27. The van der Waals surface area contributed by atoms with E-state index in [1.807, 2.05) is 6.08 Å². The summed E-state index contributed by atoms with van der Waals surface area (Å²) in [4.78, 5) is 0. The average Bonchev–Trinajstić information content (AvgIpc) is 2.37. The molecule has 108 valence electrons. The summed E-state index contributed by atoms with van der Waals surface area (Å²) in [5, 5.41) is 3.85. The van der Waals surface area contributed by atoms with E-state index in [0.717, 1.165) is 5.92 Å². The summed E-state index contributed by atoms with van der Waals surface area (Å²) in [7, 11) is 0. The molecule has 1 aliphatic carbocycles. The standard InChI is InChI=1S/C18H31N/c1-7-14(3)13-16(8-2)18(5,6)19-17-11-9-15(4)10-12-17/h7-8,13,15,17,19H,1,9-12H2,2-6H3/b14-13+,16-8+. The summed E-state index contributed by atoms with van der Waals surface area (Å²) >= 11 is 0. The number of rotatable bonds is 5. The van der Waals surface area contributed by atoms with Gasteiger partial charge >= 0.3 is 0 Å². The third-order valence-electron chi connectivity index (χ3n) is 4.32. The van der Waals surface area contributed by atoms with Crippen LogP contribution in [0.5, 0.6) is 0 Å². The molecule has 0 aliphatic heterocycles. The first-order valence-corrected chi connectivity index (χ1v) is 7.64. The van der Waals surface area contributed by atoms with Gasteiger partial charge in [0.05, 0.1) is 0 Å². The van der Waals surface area contributed by atoms with Crippen LogP contribution in [0.2, 0.25) is 0 Å². The van der Waals surface area contributed by atoms with Gasteiger partial charge in [-0.2, -0.15) is 0 Å². The topological polar surface area (TPSA) is 12.0 Å².